The van der Waals surface area contributed by atoms with Crippen LogP contribution in [0.5, 0.6) is 5.75 Å². The summed E-state index contributed by atoms with van der Waals surface area (Å²) in [4.78, 5) is 12.3. The summed E-state index contributed by atoms with van der Waals surface area (Å²) in [7, 11) is -3.93. The lowest BCUT2D eigenvalue weighted by Crippen LogP contribution is -2.14. The van der Waals surface area contributed by atoms with Crippen LogP contribution in [-0.4, -0.2) is 19.5 Å². The maximum Gasteiger partial charge on any atom is 0.338 e. The molecule has 0 fully saturated rings. The third-order valence-corrected chi connectivity index (χ3v) is 6.14. The Morgan fingerprint density at radius 2 is 1.71 bits per heavy atom. The molecule has 0 amide bonds. The van der Waals surface area contributed by atoms with Crippen LogP contribution in [0.4, 0.5) is 5.69 Å². The van der Waals surface area contributed by atoms with E-state index in [-0.39, 0.29) is 17.1 Å². The van der Waals surface area contributed by atoms with Crippen molar-refractivity contribution in [2.24, 2.45) is 0 Å². The number of carbonyl (C=O) groups is 1. The van der Waals surface area contributed by atoms with Crippen molar-refractivity contribution in [1.29, 1.82) is 0 Å². The van der Waals surface area contributed by atoms with E-state index in [1.807, 2.05) is 30.3 Å². The van der Waals surface area contributed by atoms with E-state index >= 15 is 0 Å². The molecule has 3 aromatic carbocycles. The van der Waals surface area contributed by atoms with Crippen molar-refractivity contribution in [2.45, 2.75) is 25.0 Å². The minimum Gasteiger partial charge on any atom is -0.489 e. The van der Waals surface area contributed by atoms with Crippen molar-refractivity contribution in [3.8, 4) is 5.75 Å². The Morgan fingerprint density at radius 3 is 2.41 bits per heavy atom. The number of ether oxygens (including phenoxy) is 2. The fourth-order valence-electron chi connectivity index (χ4n) is 3.07. The summed E-state index contributed by atoms with van der Waals surface area (Å²) in [6.07, 6.45) is 0. The van der Waals surface area contributed by atoms with Gasteiger partial charge in [0.2, 0.25) is 0 Å². The van der Waals surface area contributed by atoms with Crippen molar-refractivity contribution in [2.75, 3.05) is 4.72 Å². The zero-order valence-corrected chi connectivity index (χ0v) is 19.1. The van der Waals surface area contributed by atoms with Crippen LogP contribution in [0.1, 0.15) is 27.4 Å². The number of anilines is 1. The molecule has 1 aromatic heterocycles. The number of hydrogen-bond acceptors (Lipinski definition) is 7. The summed E-state index contributed by atoms with van der Waals surface area (Å²) in [5.41, 5.74) is 1.96. The van der Waals surface area contributed by atoms with Crippen molar-refractivity contribution < 1.29 is 27.2 Å². The van der Waals surface area contributed by atoms with E-state index in [4.69, 9.17) is 14.0 Å². The lowest BCUT2D eigenvalue weighted by atomic mass is 10.2. The standard InChI is InChI=1S/C25H22N2O6S/c1-18-14-22(26-33-18)17-32-25(28)20-8-5-9-24(15-20)34(29,30)27-21-10-12-23(13-11-21)31-16-19-6-3-2-4-7-19/h2-15,27H,16-17H2,1H3. The molecular weight excluding hydrogens is 456 g/mol. The van der Waals surface area contributed by atoms with Gasteiger partial charge in [-0.3, -0.25) is 4.72 Å². The highest BCUT2D eigenvalue weighted by molar-refractivity contribution is 7.92. The summed E-state index contributed by atoms with van der Waals surface area (Å²) in [5, 5.41) is 3.75. The van der Waals surface area contributed by atoms with Crippen molar-refractivity contribution in [3.63, 3.8) is 0 Å². The molecule has 174 valence electrons. The first-order chi connectivity index (χ1) is 16.4. The highest BCUT2D eigenvalue weighted by Crippen LogP contribution is 2.21. The largest absolute Gasteiger partial charge is 0.489 e. The van der Waals surface area contributed by atoms with E-state index in [0.717, 1.165) is 5.56 Å². The van der Waals surface area contributed by atoms with Gasteiger partial charge >= 0.3 is 5.97 Å². The Kier molecular flexibility index (Phi) is 6.93. The van der Waals surface area contributed by atoms with Gasteiger partial charge in [0.05, 0.1) is 10.5 Å². The molecule has 8 nitrogen and oxygen atoms in total. The van der Waals surface area contributed by atoms with Gasteiger partial charge in [-0.25, -0.2) is 13.2 Å². The number of benzene rings is 3. The number of sulfonamides is 1. The highest BCUT2D eigenvalue weighted by atomic mass is 32.2. The van der Waals surface area contributed by atoms with Gasteiger partial charge in [-0.05, 0) is 55.0 Å². The summed E-state index contributed by atoms with van der Waals surface area (Å²) in [6, 6.07) is 23.6. The van der Waals surface area contributed by atoms with Gasteiger partial charge in [0.1, 0.15) is 30.4 Å². The van der Waals surface area contributed by atoms with Crippen molar-refractivity contribution >= 4 is 21.7 Å². The third kappa shape index (κ3) is 6.02. The second kappa shape index (κ2) is 10.2. The molecule has 0 spiro atoms. The quantitative estimate of drug-likeness (QED) is 0.347. The van der Waals surface area contributed by atoms with E-state index in [1.165, 1.54) is 24.3 Å². The Bertz CT molecular complexity index is 1370. The first-order valence-corrected chi connectivity index (χ1v) is 11.9. The van der Waals surface area contributed by atoms with E-state index < -0.39 is 16.0 Å². The van der Waals surface area contributed by atoms with Crippen LogP contribution < -0.4 is 9.46 Å². The fourth-order valence-corrected chi connectivity index (χ4v) is 4.18. The van der Waals surface area contributed by atoms with Crippen LogP contribution in [0.3, 0.4) is 0 Å². The third-order valence-electron chi connectivity index (χ3n) is 4.76. The predicted molar refractivity (Wildman–Crippen MR) is 125 cm³/mol. The van der Waals surface area contributed by atoms with Gasteiger partial charge in [0.25, 0.3) is 10.0 Å². The number of nitrogens with zero attached hydrogens (tertiary/aromatic N) is 1. The molecule has 0 unspecified atom stereocenters. The topological polar surface area (TPSA) is 108 Å². The Labute approximate surface area is 197 Å². The van der Waals surface area contributed by atoms with Gasteiger partial charge in [-0.2, -0.15) is 0 Å². The number of rotatable bonds is 9. The molecule has 4 rings (SSSR count). The first-order valence-electron chi connectivity index (χ1n) is 10.4. The Hall–Kier alpha value is -4.11. The molecule has 0 bridgehead atoms. The summed E-state index contributed by atoms with van der Waals surface area (Å²) >= 11 is 0. The minimum absolute atomic E-state index is 0.0661. The highest BCUT2D eigenvalue weighted by Gasteiger charge is 2.18. The number of carbonyl (C=O) groups excluding carboxylic acids is 1. The van der Waals surface area contributed by atoms with Crippen LogP contribution in [0.15, 0.2) is 94.3 Å². The number of aromatic nitrogens is 1. The molecule has 0 radical (unpaired) electrons. The van der Waals surface area contributed by atoms with E-state index in [1.54, 1.807) is 37.3 Å². The van der Waals surface area contributed by atoms with Crippen LogP contribution in [0, 0.1) is 6.92 Å². The average molecular weight is 479 g/mol. The van der Waals surface area contributed by atoms with Crippen LogP contribution in [0.25, 0.3) is 0 Å². The lowest BCUT2D eigenvalue weighted by Gasteiger charge is -2.11. The van der Waals surface area contributed by atoms with Gasteiger partial charge in [0.15, 0.2) is 0 Å². The normalized spacial score (nSPS) is 11.1. The molecule has 1 heterocycles. The van der Waals surface area contributed by atoms with Gasteiger partial charge < -0.3 is 14.0 Å². The molecule has 0 aliphatic rings. The average Bonchev–Trinajstić information content (AvgIpc) is 3.27. The van der Waals surface area contributed by atoms with Crippen LogP contribution in [0.2, 0.25) is 0 Å². The second-order valence-electron chi connectivity index (χ2n) is 7.44. The molecule has 0 atom stereocenters. The van der Waals surface area contributed by atoms with Crippen molar-refractivity contribution in [3.05, 3.63) is 108 Å². The Balaban J connectivity index is 1.38. The minimum atomic E-state index is -3.93. The van der Waals surface area contributed by atoms with Crippen LogP contribution in [-0.2, 0) is 28.0 Å². The zero-order chi connectivity index (χ0) is 24.0. The molecule has 34 heavy (non-hydrogen) atoms. The molecule has 0 saturated carbocycles. The van der Waals surface area contributed by atoms with E-state index in [2.05, 4.69) is 9.88 Å². The molecule has 0 aliphatic heterocycles. The molecule has 0 saturated heterocycles. The maximum atomic E-state index is 12.8. The van der Waals surface area contributed by atoms with E-state index in [9.17, 15) is 13.2 Å². The molecule has 9 heteroatoms. The zero-order valence-electron chi connectivity index (χ0n) is 18.3. The SMILES string of the molecule is Cc1cc(COC(=O)c2cccc(S(=O)(=O)Nc3ccc(OCc4ccccc4)cc3)c2)no1. The fraction of sp³-hybridized carbons (Fsp3) is 0.120. The summed E-state index contributed by atoms with van der Waals surface area (Å²) in [5.74, 6) is 0.539. The van der Waals surface area contributed by atoms with Crippen molar-refractivity contribution in [1.82, 2.24) is 5.16 Å². The molecule has 1 N–H and O–H groups in total. The lowest BCUT2D eigenvalue weighted by molar-refractivity contribution is 0.0464. The Morgan fingerprint density at radius 1 is 0.941 bits per heavy atom. The van der Waals surface area contributed by atoms with Crippen LogP contribution >= 0.6 is 0 Å². The molecule has 0 aliphatic carbocycles. The summed E-state index contributed by atoms with van der Waals surface area (Å²) < 4.78 is 44.0. The monoisotopic (exact) mass is 478 g/mol. The molecular formula is C25H22N2O6S. The number of hydrogen-bond donors (Lipinski definition) is 1. The maximum absolute atomic E-state index is 12.8. The number of nitrogens with one attached hydrogen (secondary N) is 1. The second-order valence-corrected chi connectivity index (χ2v) is 9.12. The molecule has 4 aromatic rings. The summed E-state index contributed by atoms with van der Waals surface area (Å²) in [6.45, 7) is 2.06. The first kappa shape index (κ1) is 23.1. The van der Waals surface area contributed by atoms with Gasteiger partial charge in [-0.15, -0.1) is 0 Å². The predicted octanol–water partition coefficient (Wildman–Crippen LogP) is 4.72. The van der Waals surface area contributed by atoms with Gasteiger partial charge in [-0.1, -0.05) is 41.6 Å². The number of aryl methyl sites for hydroxylation is 1. The van der Waals surface area contributed by atoms with Gasteiger partial charge in [0, 0.05) is 11.8 Å². The number of esters is 1. The van der Waals surface area contributed by atoms with E-state index in [0.29, 0.717) is 29.5 Å². The smallest absolute Gasteiger partial charge is 0.338 e.